The molecule has 0 saturated heterocycles. The molecule has 20 heavy (non-hydrogen) atoms. The summed E-state index contributed by atoms with van der Waals surface area (Å²) in [6.07, 6.45) is 0.567. The van der Waals surface area contributed by atoms with E-state index in [2.05, 4.69) is 5.10 Å². The van der Waals surface area contributed by atoms with Gasteiger partial charge < -0.3 is 10.0 Å². The highest BCUT2D eigenvalue weighted by atomic mass is 16.6. The number of nitrogens with zero attached hydrogens (tertiary/aromatic N) is 4. The molecule has 114 valence electrons. The van der Waals surface area contributed by atoms with Crippen molar-refractivity contribution in [3.8, 4) is 0 Å². The van der Waals surface area contributed by atoms with Crippen molar-refractivity contribution in [2.45, 2.75) is 46.1 Å². The molecule has 0 amide bonds. The van der Waals surface area contributed by atoms with Gasteiger partial charge in [0.1, 0.15) is 5.69 Å². The van der Waals surface area contributed by atoms with Crippen LogP contribution in [0.25, 0.3) is 0 Å². The maximum atomic E-state index is 11.4. The zero-order chi connectivity index (χ0) is 15.4. The molecular formula is C13H24N4O3. The molecule has 7 heteroatoms. The Morgan fingerprint density at radius 1 is 1.40 bits per heavy atom. The number of anilines is 1. The average molecular weight is 284 g/mol. The first-order valence-corrected chi connectivity index (χ1v) is 6.90. The minimum atomic E-state index is -0.355. The Balaban J connectivity index is 3.36. The van der Waals surface area contributed by atoms with Crippen LogP contribution in [0.15, 0.2) is 0 Å². The topological polar surface area (TPSA) is 84.4 Å². The van der Waals surface area contributed by atoms with Crippen LogP contribution in [0.3, 0.4) is 0 Å². The lowest BCUT2D eigenvalue weighted by Crippen LogP contribution is -2.34. The smallest absolute Gasteiger partial charge is 0.334 e. The van der Waals surface area contributed by atoms with Crippen molar-refractivity contribution in [3.63, 3.8) is 0 Å². The molecule has 0 spiro atoms. The summed E-state index contributed by atoms with van der Waals surface area (Å²) in [5.74, 6) is 0.504. The minimum Gasteiger partial charge on any atom is -0.396 e. The minimum absolute atomic E-state index is 0.0118. The molecule has 1 aromatic heterocycles. The highest BCUT2D eigenvalue weighted by Gasteiger charge is 2.32. The summed E-state index contributed by atoms with van der Waals surface area (Å²) in [6, 6.07) is 0.0932. The summed E-state index contributed by atoms with van der Waals surface area (Å²) in [5, 5.41) is 24.8. The number of aryl methyl sites for hydroxylation is 1. The second-order valence-electron chi connectivity index (χ2n) is 5.46. The fourth-order valence-electron chi connectivity index (χ4n) is 2.26. The Labute approximate surface area is 119 Å². The highest BCUT2D eigenvalue weighted by molar-refractivity contribution is 5.62. The van der Waals surface area contributed by atoms with Gasteiger partial charge in [0.25, 0.3) is 0 Å². The van der Waals surface area contributed by atoms with Gasteiger partial charge in [-0.05, 0) is 20.3 Å². The molecule has 0 unspecified atom stereocenters. The molecule has 1 rings (SSSR count). The largest absolute Gasteiger partial charge is 0.396 e. The molecule has 0 bridgehead atoms. The van der Waals surface area contributed by atoms with E-state index in [1.165, 1.54) is 0 Å². The molecule has 0 radical (unpaired) electrons. The standard InChI is InChI=1S/C13H24N4O3/c1-9(2)11-12(17(19)20)13(15(5)14-11)16(10(3)4)7-6-8-18/h9-10,18H,6-8H2,1-5H3. The van der Waals surface area contributed by atoms with E-state index in [-0.39, 0.29) is 29.2 Å². The summed E-state index contributed by atoms with van der Waals surface area (Å²) in [7, 11) is 1.72. The predicted octanol–water partition coefficient (Wildman–Crippen LogP) is 2.05. The van der Waals surface area contributed by atoms with Crippen LogP contribution in [0.2, 0.25) is 0 Å². The Kier molecular flexibility index (Phi) is 5.50. The fraction of sp³-hybridized carbons (Fsp3) is 0.769. The third-order valence-corrected chi connectivity index (χ3v) is 3.20. The van der Waals surface area contributed by atoms with E-state index in [9.17, 15) is 10.1 Å². The number of hydrogen-bond acceptors (Lipinski definition) is 5. The van der Waals surface area contributed by atoms with E-state index in [1.54, 1.807) is 11.7 Å². The number of aromatic nitrogens is 2. The third kappa shape index (κ3) is 3.27. The first-order valence-electron chi connectivity index (χ1n) is 6.90. The van der Waals surface area contributed by atoms with Gasteiger partial charge in [0, 0.05) is 32.2 Å². The van der Waals surface area contributed by atoms with E-state index in [0.29, 0.717) is 24.5 Å². The molecule has 0 saturated carbocycles. The lowest BCUT2D eigenvalue weighted by Gasteiger charge is -2.27. The zero-order valence-corrected chi connectivity index (χ0v) is 12.8. The Morgan fingerprint density at radius 3 is 2.40 bits per heavy atom. The number of rotatable bonds is 7. The van der Waals surface area contributed by atoms with Crippen molar-refractivity contribution in [1.29, 1.82) is 0 Å². The molecule has 0 atom stereocenters. The molecule has 0 aliphatic carbocycles. The van der Waals surface area contributed by atoms with Crippen LogP contribution in [0.5, 0.6) is 0 Å². The Hall–Kier alpha value is -1.63. The van der Waals surface area contributed by atoms with Gasteiger partial charge in [-0.15, -0.1) is 0 Å². The van der Waals surface area contributed by atoms with E-state index < -0.39 is 0 Å². The van der Waals surface area contributed by atoms with Crippen LogP contribution in [-0.2, 0) is 7.05 Å². The quantitative estimate of drug-likeness (QED) is 0.612. The second kappa shape index (κ2) is 6.69. The van der Waals surface area contributed by atoms with Crippen LogP contribution < -0.4 is 4.90 Å². The Bertz CT molecular complexity index is 468. The lowest BCUT2D eigenvalue weighted by molar-refractivity contribution is -0.385. The Morgan fingerprint density at radius 2 is 2.00 bits per heavy atom. The summed E-state index contributed by atoms with van der Waals surface area (Å²) < 4.78 is 1.57. The van der Waals surface area contributed by atoms with E-state index >= 15 is 0 Å². The molecule has 1 N–H and O–H groups in total. The normalized spacial score (nSPS) is 11.4. The van der Waals surface area contributed by atoms with Gasteiger partial charge in [-0.2, -0.15) is 5.10 Å². The molecular weight excluding hydrogens is 260 g/mol. The maximum absolute atomic E-state index is 11.4. The number of hydrogen-bond donors (Lipinski definition) is 1. The fourth-order valence-corrected chi connectivity index (χ4v) is 2.26. The van der Waals surface area contributed by atoms with Gasteiger partial charge in [0.2, 0.25) is 5.82 Å². The molecule has 0 aliphatic rings. The van der Waals surface area contributed by atoms with Crippen LogP contribution >= 0.6 is 0 Å². The number of nitro groups is 1. The van der Waals surface area contributed by atoms with E-state index in [4.69, 9.17) is 5.11 Å². The van der Waals surface area contributed by atoms with Crippen LogP contribution in [0.1, 0.15) is 45.7 Å². The van der Waals surface area contributed by atoms with Crippen LogP contribution in [0.4, 0.5) is 11.5 Å². The first kappa shape index (κ1) is 16.4. The van der Waals surface area contributed by atoms with Gasteiger partial charge in [-0.25, -0.2) is 4.68 Å². The summed E-state index contributed by atoms with van der Waals surface area (Å²) in [6.45, 7) is 8.36. The van der Waals surface area contributed by atoms with Crippen LogP contribution in [-0.4, -0.2) is 39.0 Å². The molecule has 0 aromatic carbocycles. The third-order valence-electron chi connectivity index (χ3n) is 3.20. The van der Waals surface area contributed by atoms with Gasteiger partial charge in [-0.1, -0.05) is 13.8 Å². The lowest BCUT2D eigenvalue weighted by atomic mass is 10.1. The molecule has 0 fully saturated rings. The van der Waals surface area contributed by atoms with E-state index in [0.717, 1.165) is 0 Å². The summed E-state index contributed by atoms with van der Waals surface area (Å²) in [4.78, 5) is 13.0. The predicted molar refractivity (Wildman–Crippen MR) is 78.1 cm³/mol. The van der Waals surface area contributed by atoms with Crippen molar-refractivity contribution >= 4 is 11.5 Å². The monoisotopic (exact) mass is 284 g/mol. The summed E-state index contributed by atoms with van der Waals surface area (Å²) in [5.41, 5.74) is 0.580. The highest BCUT2D eigenvalue weighted by Crippen LogP contribution is 2.36. The summed E-state index contributed by atoms with van der Waals surface area (Å²) >= 11 is 0. The molecule has 1 heterocycles. The van der Waals surface area contributed by atoms with Crippen molar-refractivity contribution in [1.82, 2.24) is 9.78 Å². The number of aliphatic hydroxyl groups excluding tert-OH is 1. The van der Waals surface area contributed by atoms with Crippen molar-refractivity contribution in [2.24, 2.45) is 7.05 Å². The molecule has 7 nitrogen and oxygen atoms in total. The second-order valence-corrected chi connectivity index (χ2v) is 5.46. The SMILES string of the molecule is CC(C)c1nn(C)c(N(CCCO)C(C)C)c1[N+](=O)[O-]. The van der Waals surface area contributed by atoms with Crippen molar-refractivity contribution in [3.05, 3.63) is 15.8 Å². The van der Waals surface area contributed by atoms with Gasteiger partial charge in [0.15, 0.2) is 0 Å². The van der Waals surface area contributed by atoms with Crippen molar-refractivity contribution in [2.75, 3.05) is 18.1 Å². The first-order chi connectivity index (χ1) is 9.31. The average Bonchev–Trinajstić information content (AvgIpc) is 2.68. The number of aliphatic hydroxyl groups is 1. The van der Waals surface area contributed by atoms with E-state index in [1.807, 2.05) is 32.6 Å². The van der Waals surface area contributed by atoms with Gasteiger partial charge >= 0.3 is 5.69 Å². The van der Waals surface area contributed by atoms with Gasteiger partial charge in [0.05, 0.1) is 4.92 Å². The van der Waals surface area contributed by atoms with Crippen LogP contribution in [0, 0.1) is 10.1 Å². The molecule has 0 aliphatic heterocycles. The molecule has 1 aromatic rings. The van der Waals surface area contributed by atoms with Crippen molar-refractivity contribution < 1.29 is 10.0 Å². The van der Waals surface area contributed by atoms with Gasteiger partial charge in [-0.3, -0.25) is 10.1 Å². The zero-order valence-electron chi connectivity index (χ0n) is 12.8. The maximum Gasteiger partial charge on any atom is 0.334 e.